The summed E-state index contributed by atoms with van der Waals surface area (Å²) in [5.74, 6) is 0. The SMILES string of the molecule is CN(C)[C@]1(c2ccccc2)CC[C@@]2(CC1)CN(C(C)(C)c1ccccc1)C(=O)N2CC1(O)CCC1. The number of β-amino-alcohol motifs (C(OH)–C–C–N with tert-alkyl or cyclic N) is 1. The number of hydrogen-bond donors (Lipinski definition) is 1. The molecule has 2 aliphatic carbocycles. The first-order chi connectivity index (χ1) is 16.6. The summed E-state index contributed by atoms with van der Waals surface area (Å²) in [6.07, 6.45) is 6.48. The molecule has 2 amide bonds. The van der Waals surface area contributed by atoms with Gasteiger partial charge in [0.1, 0.15) is 0 Å². The number of aliphatic hydroxyl groups is 1. The Morgan fingerprint density at radius 2 is 1.46 bits per heavy atom. The first-order valence-corrected chi connectivity index (χ1v) is 13.2. The highest BCUT2D eigenvalue weighted by molar-refractivity contribution is 5.79. The average molecular weight is 476 g/mol. The molecule has 3 aliphatic rings. The standard InChI is InChI=1S/C30H41N3O2/c1-27(2,24-12-7-5-8-13-24)32-22-28(33(26(32)34)23-29(35)16-11-17-29)18-20-30(21-19-28,31(3)4)25-14-9-6-10-15-25/h5-10,12-15,35H,11,16-23H2,1-4H3/t28-,30-. The Balaban J connectivity index is 1.48. The minimum atomic E-state index is -0.731. The first kappa shape index (κ1) is 24.3. The lowest BCUT2D eigenvalue weighted by Crippen LogP contribution is -2.59. The predicted octanol–water partition coefficient (Wildman–Crippen LogP) is 5.34. The molecule has 35 heavy (non-hydrogen) atoms. The Bertz CT molecular complexity index is 1040. The van der Waals surface area contributed by atoms with Crippen LogP contribution in [0.15, 0.2) is 60.7 Å². The Morgan fingerprint density at radius 1 is 0.886 bits per heavy atom. The maximum absolute atomic E-state index is 14.1. The van der Waals surface area contributed by atoms with Gasteiger partial charge < -0.3 is 14.9 Å². The molecule has 3 fully saturated rings. The molecule has 5 heteroatoms. The van der Waals surface area contributed by atoms with Crippen molar-refractivity contribution >= 4 is 6.03 Å². The van der Waals surface area contributed by atoms with Crippen LogP contribution >= 0.6 is 0 Å². The molecule has 1 spiro atoms. The summed E-state index contributed by atoms with van der Waals surface area (Å²) in [5, 5.41) is 11.2. The molecule has 188 valence electrons. The summed E-state index contributed by atoms with van der Waals surface area (Å²) in [7, 11) is 4.37. The van der Waals surface area contributed by atoms with Crippen molar-refractivity contribution in [1.82, 2.24) is 14.7 Å². The Kier molecular flexibility index (Phi) is 6.00. The van der Waals surface area contributed by atoms with Gasteiger partial charge in [-0.1, -0.05) is 60.7 Å². The van der Waals surface area contributed by atoms with E-state index < -0.39 is 11.1 Å². The fraction of sp³-hybridized carbons (Fsp3) is 0.567. The summed E-state index contributed by atoms with van der Waals surface area (Å²) in [6, 6.07) is 21.3. The minimum absolute atomic E-state index is 0.0308. The van der Waals surface area contributed by atoms with Crippen molar-refractivity contribution in [2.24, 2.45) is 0 Å². The van der Waals surface area contributed by atoms with E-state index in [2.05, 4.69) is 85.1 Å². The van der Waals surface area contributed by atoms with Crippen molar-refractivity contribution in [3.8, 4) is 0 Å². The minimum Gasteiger partial charge on any atom is -0.388 e. The highest BCUT2D eigenvalue weighted by Gasteiger charge is 2.58. The third kappa shape index (κ3) is 3.97. The molecule has 2 saturated carbocycles. The maximum Gasteiger partial charge on any atom is 0.321 e. The number of benzene rings is 2. The van der Waals surface area contributed by atoms with E-state index in [0.717, 1.165) is 50.5 Å². The van der Waals surface area contributed by atoms with Gasteiger partial charge >= 0.3 is 6.03 Å². The molecule has 5 nitrogen and oxygen atoms in total. The van der Waals surface area contributed by atoms with Gasteiger partial charge in [-0.05, 0) is 84.0 Å². The number of carbonyl (C=O) groups excluding carboxylic acids is 1. The molecular weight excluding hydrogens is 434 g/mol. The number of urea groups is 1. The lowest BCUT2D eigenvalue weighted by molar-refractivity contribution is -0.0725. The van der Waals surface area contributed by atoms with Gasteiger partial charge in [0.2, 0.25) is 0 Å². The fourth-order valence-electron chi connectivity index (χ4n) is 6.81. The van der Waals surface area contributed by atoms with Crippen LogP contribution in [0.25, 0.3) is 0 Å². The molecule has 1 saturated heterocycles. The number of rotatable bonds is 6. The van der Waals surface area contributed by atoms with Crippen LogP contribution in [0.1, 0.15) is 69.9 Å². The van der Waals surface area contributed by atoms with Crippen molar-refractivity contribution in [3.05, 3.63) is 71.8 Å². The lowest BCUT2D eigenvalue weighted by Gasteiger charge is -2.52. The molecule has 0 atom stereocenters. The molecule has 0 radical (unpaired) electrons. The van der Waals surface area contributed by atoms with Crippen molar-refractivity contribution in [2.75, 3.05) is 27.2 Å². The number of amides is 2. The zero-order valence-corrected chi connectivity index (χ0v) is 21.8. The Morgan fingerprint density at radius 3 is 1.97 bits per heavy atom. The second-order valence-electron chi connectivity index (χ2n) is 12.0. The van der Waals surface area contributed by atoms with E-state index in [-0.39, 0.29) is 17.1 Å². The molecule has 2 aromatic carbocycles. The fourth-order valence-corrected chi connectivity index (χ4v) is 6.81. The van der Waals surface area contributed by atoms with Crippen molar-refractivity contribution in [2.45, 2.75) is 81.0 Å². The molecule has 5 rings (SSSR count). The third-order valence-electron chi connectivity index (χ3n) is 9.55. The summed E-state index contributed by atoms with van der Waals surface area (Å²) in [6.45, 7) is 5.48. The van der Waals surface area contributed by atoms with Crippen LogP contribution in [-0.2, 0) is 11.1 Å². The van der Waals surface area contributed by atoms with Crippen LogP contribution in [0.3, 0.4) is 0 Å². The van der Waals surface area contributed by atoms with Crippen LogP contribution in [-0.4, -0.2) is 64.2 Å². The second-order valence-corrected chi connectivity index (χ2v) is 12.0. The highest BCUT2D eigenvalue weighted by Crippen LogP contribution is 2.51. The van der Waals surface area contributed by atoms with E-state index in [1.54, 1.807) is 0 Å². The number of nitrogens with zero attached hydrogens (tertiary/aromatic N) is 3. The number of hydrogen-bond acceptors (Lipinski definition) is 3. The quantitative estimate of drug-likeness (QED) is 0.613. The molecule has 0 aromatic heterocycles. The molecule has 0 unspecified atom stereocenters. The third-order valence-corrected chi connectivity index (χ3v) is 9.55. The maximum atomic E-state index is 14.1. The van der Waals surface area contributed by atoms with Gasteiger partial charge in [-0.2, -0.15) is 0 Å². The van der Waals surface area contributed by atoms with Crippen LogP contribution in [0, 0.1) is 0 Å². The van der Waals surface area contributed by atoms with E-state index >= 15 is 0 Å². The first-order valence-electron chi connectivity index (χ1n) is 13.2. The Labute approximate surface area is 210 Å². The van der Waals surface area contributed by atoms with E-state index in [9.17, 15) is 9.90 Å². The molecule has 2 aromatic rings. The zero-order valence-electron chi connectivity index (χ0n) is 21.8. The molecule has 1 heterocycles. The van der Waals surface area contributed by atoms with Crippen LogP contribution in [0.2, 0.25) is 0 Å². The smallest absolute Gasteiger partial charge is 0.321 e. The van der Waals surface area contributed by atoms with Gasteiger partial charge in [0.25, 0.3) is 0 Å². The van der Waals surface area contributed by atoms with Crippen LogP contribution < -0.4 is 0 Å². The Hall–Kier alpha value is -2.37. The van der Waals surface area contributed by atoms with Gasteiger partial charge in [0.15, 0.2) is 0 Å². The van der Waals surface area contributed by atoms with Gasteiger partial charge in [-0.25, -0.2) is 4.79 Å². The number of carbonyl (C=O) groups is 1. The lowest BCUT2D eigenvalue weighted by atomic mass is 9.67. The summed E-state index contributed by atoms with van der Waals surface area (Å²) in [4.78, 5) is 20.7. The monoisotopic (exact) mass is 475 g/mol. The van der Waals surface area contributed by atoms with Crippen molar-refractivity contribution < 1.29 is 9.90 Å². The molecule has 0 bridgehead atoms. The largest absolute Gasteiger partial charge is 0.388 e. The average Bonchev–Trinajstić information content (AvgIpc) is 3.11. The zero-order chi connectivity index (χ0) is 24.9. The summed E-state index contributed by atoms with van der Waals surface area (Å²) in [5.41, 5.74) is 1.08. The predicted molar refractivity (Wildman–Crippen MR) is 140 cm³/mol. The van der Waals surface area contributed by atoms with Gasteiger partial charge in [-0.3, -0.25) is 4.90 Å². The summed E-state index contributed by atoms with van der Waals surface area (Å²) >= 11 is 0. The van der Waals surface area contributed by atoms with Gasteiger partial charge in [-0.15, -0.1) is 0 Å². The van der Waals surface area contributed by atoms with Gasteiger partial charge in [0, 0.05) is 12.1 Å². The van der Waals surface area contributed by atoms with Gasteiger partial charge in [0.05, 0.1) is 23.2 Å². The van der Waals surface area contributed by atoms with E-state index in [1.165, 1.54) is 5.56 Å². The van der Waals surface area contributed by atoms with Crippen molar-refractivity contribution in [1.29, 1.82) is 0 Å². The van der Waals surface area contributed by atoms with Crippen molar-refractivity contribution in [3.63, 3.8) is 0 Å². The summed E-state index contributed by atoms with van der Waals surface area (Å²) < 4.78 is 0. The van der Waals surface area contributed by atoms with Crippen LogP contribution in [0.4, 0.5) is 4.79 Å². The van der Waals surface area contributed by atoms with E-state index in [0.29, 0.717) is 13.1 Å². The van der Waals surface area contributed by atoms with E-state index in [1.807, 2.05) is 18.2 Å². The molecule has 1 aliphatic heterocycles. The molecular formula is C30H41N3O2. The molecule has 1 N–H and O–H groups in total. The highest BCUT2D eigenvalue weighted by atomic mass is 16.3. The topological polar surface area (TPSA) is 47.0 Å². The second kappa shape index (κ2) is 8.63. The van der Waals surface area contributed by atoms with Crippen LogP contribution in [0.5, 0.6) is 0 Å². The normalized spacial score (nSPS) is 28.6. The van der Waals surface area contributed by atoms with E-state index in [4.69, 9.17) is 0 Å².